The van der Waals surface area contributed by atoms with E-state index in [1.807, 2.05) is 83.1 Å². The molecule has 7 nitrogen and oxygen atoms in total. The van der Waals surface area contributed by atoms with E-state index >= 15 is 0 Å². The van der Waals surface area contributed by atoms with Crippen molar-refractivity contribution in [1.29, 1.82) is 0 Å². The Morgan fingerprint density at radius 3 is 2.14 bits per heavy atom. The standard InChI is InChI=1S/C28H37N5O2/c1-18(2)32(27(35)29-23-14-11-20(4)15-21(23)5)17-26(34)30-25-16-24(28(6,7)8)31-33(25)22-12-9-19(3)10-13-22/h9-16,18H,17H2,1-8H3,(H,29,35)(H,30,34). The van der Waals surface area contributed by atoms with Crippen molar-refractivity contribution in [3.63, 3.8) is 0 Å². The molecule has 7 heteroatoms. The lowest BCUT2D eigenvalue weighted by Gasteiger charge is -2.26. The lowest BCUT2D eigenvalue weighted by atomic mass is 9.92. The monoisotopic (exact) mass is 475 g/mol. The number of benzene rings is 2. The summed E-state index contributed by atoms with van der Waals surface area (Å²) in [5.41, 5.74) is 5.51. The van der Waals surface area contributed by atoms with Crippen LogP contribution in [-0.4, -0.2) is 39.2 Å². The number of amides is 3. The molecule has 1 aromatic heterocycles. The van der Waals surface area contributed by atoms with E-state index in [0.29, 0.717) is 5.82 Å². The van der Waals surface area contributed by atoms with Crippen molar-refractivity contribution in [1.82, 2.24) is 14.7 Å². The van der Waals surface area contributed by atoms with Crippen LogP contribution >= 0.6 is 0 Å². The fraction of sp³-hybridized carbons (Fsp3) is 0.393. The maximum absolute atomic E-state index is 13.1. The Labute approximate surface area is 208 Å². The molecule has 0 unspecified atom stereocenters. The maximum atomic E-state index is 13.1. The van der Waals surface area contributed by atoms with E-state index in [0.717, 1.165) is 33.8 Å². The normalized spacial score (nSPS) is 11.5. The number of nitrogens with one attached hydrogen (secondary N) is 2. The van der Waals surface area contributed by atoms with Gasteiger partial charge in [-0.1, -0.05) is 56.2 Å². The summed E-state index contributed by atoms with van der Waals surface area (Å²) >= 11 is 0. The molecule has 0 atom stereocenters. The zero-order chi connectivity index (χ0) is 25.9. The van der Waals surface area contributed by atoms with Crippen LogP contribution in [0.15, 0.2) is 48.5 Å². The maximum Gasteiger partial charge on any atom is 0.322 e. The summed E-state index contributed by atoms with van der Waals surface area (Å²) < 4.78 is 1.74. The van der Waals surface area contributed by atoms with Gasteiger partial charge in [0.25, 0.3) is 0 Å². The summed E-state index contributed by atoms with van der Waals surface area (Å²) in [4.78, 5) is 27.7. The van der Waals surface area contributed by atoms with E-state index in [-0.39, 0.29) is 29.9 Å². The fourth-order valence-electron chi connectivity index (χ4n) is 3.69. The van der Waals surface area contributed by atoms with Crippen molar-refractivity contribution >= 4 is 23.4 Å². The second-order valence-electron chi connectivity index (χ2n) is 10.4. The van der Waals surface area contributed by atoms with Crippen LogP contribution in [0, 0.1) is 20.8 Å². The molecule has 3 amide bonds. The van der Waals surface area contributed by atoms with Crippen LogP contribution in [0.4, 0.5) is 16.3 Å². The Morgan fingerprint density at radius 2 is 1.57 bits per heavy atom. The second-order valence-corrected chi connectivity index (χ2v) is 10.4. The molecule has 1 heterocycles. The molecular formula is C28H37N5O2. The van der Waals surface area contributed by atoms with Crippen LogP contribution in [0.5, 0.6) is 0 Å². The van der Waals surface area contributed by atoms with E-state index in [2.05, 4.69) is 31.4 Å². The third-order valence-corrected chi connectivity index (χ3v) is 5.85. The zero-order valence-electron chi connectivity index (χ0n) is 22.1. The van der Waals surface area contributed by atoms with Crippen LogP contribution < -0.4 is 10.6 Å². The first-order chi connectivity index (χ1) is 16.3. The average molecular weight is 476 g/mol. The van der Waals surface area contributed by atoms with Crippen molar-refractivity contribution in [2.24, 2.45) is 0 Å². The highest BCUT2D eigenvalue weighted by Gasteiger charge is 2.24. The summed E-state index contributed by atoms with van der Waals surface area (Å²) in [6.45, 7) is 15.9. The van der Waals surface area contributed by atoms with E-state index in [1.54, 1.807) is 4.68 Å². The van der Waals surface area contributed by atoms with Gasteiger partial charge in [0.1, 0.15) is 12.4 Å². The van der Waals surface area contributed by atoms with Crippen molar-refractivity contribution in [2.75, 3.05) is 17.2 Å². The van der Waals surface area contributed by atoms with Crippen LogP contribution in [0.3, 0.4) is 0 Å². The predicted octanol–water partition coefficient (Wildman–Crippen LogP) is 5.98. The van der Waals surface area contributed by atoms with Gasteiger partial charge in [-0.2, -0.15) is 5.10 Å². The van der Waals surface area contributed by atoms with Crippen molar-refractivity contribution in [3.8, 4) is 5.69 Å². The molecule has 2 aromatic carbocycles. The molecule has 0 bridgehead atoms. The van der Waals surface area contributed by atoms with Gasteiger partial charge in [0, 0.05) is 23.2 Å². The van der Waals surface area contributed by atoms with E-state index < -0.39 is 0 Å². The van der Waals surface area contributed by atoms with Gasteiger partial charge in [0.2, 0.25) is 5.91 Å². The Hall–Kier alpha value is -3.61. The molecule has 3 rings (SSSR count). The van der Waals surface area contributed by atoms with Gasteiger partial charge < -0.3 is 15.5 Å². The number of carbonyl (C=O) groups excluding carboxylic acids is 2. The van der Waals surface area contributed by atoms with Crippen LogP contribution in [0.2, 0.25) is 0 Å². The van der Waals surface area contributed by atoms with Gasteiger partial charge in [0.05, 0.1) is 11.4 Å². The van der Waals surface area contributed by atoms with Crippen LogP contribution in [0.25, 0.3) is 5.69 Å². The largest absolute Gasteiger partial charge is 0.322 e. The first kappa shape index (κ1) is 26.0. The molecule has 3 aromatic rings. The van der Waals surface area contributed by atoms with Gasteiger partial charge in [0.15, 0.2) is 0 Å². The average Bonchev–Trinajstić information content (AvgIpc) is 3.18. The number of hydrogen-bond donors (Lipinski definition) is 2. The number of hydrogen-bond acceptors (Lipinski definition) is 3. The Balaban J connectivity index is 1.81. The van der Waals surface area contributed by atoms with Gasteiger partial charge in [-0.15, -0.1) is 0 Å². The zero-order valence-corrected chi connectivity index (χ0v) is 22.1. The van der Waals surface area contributed by atoms with Gasteiger partial charge in [-0.3, -0.25) is 4.79 Å². The third-order valence-electron chi connectivity index (χ3n) is 5.85. The lowest BCUT2D eigenvalue weighted by Crippen LogP contribution is -2.44. The van der Waals surface area contributed by atoms with Crippen molar-refractivity contribution in [3.05, 3.63) is 70.9 Å². The minimum atomic E-state index is -0.315. The summed E-state index contributed by atoms with van der Waals surface area (Å²) in [5, 5.41) is 10.7. The number of urea groups is 1. The number of nitrogens with zero attached hydrogens (tertiary/aromatic N) is 3. The predicted molar refractivity (Wildman–Crippen MR) is 142 cm³/mol. The number of carbonyl (C=O) groups is 2. The van der Waals surface area contributed by atoms with Crippen molar-refractivity contribution < 1.29 is 9.59 Å². The molecule has 0 spiro atoms. The molecule has 0 aliphatic rings. The molecule has 35 heavy (non-hydrogen) atoms. The second kappa shape index (κ2) is 10.3. The molecule has 0 saturated carbocycles. The summed E-state index contributed by atoms with van der Waals surface area (Å²) in [6, 6.07) is 15.2. The van der Waals surface area contributed by atoms with Crippen LogP contribution in [0.1, 0.15) is 57.0 Å². The first-order valence-corrected chi connectivity index (χ1v) is 12.0. The highest BCUT2D eigenvalue weighted by atomic mass is 16.2. The Morgan fingerprint density at radius 1 is 0.943 bits per heavy atom. The fourth-order valence-corrected chi connectivity index (χ4v) is 3.69. The first-order valence-electron chi connectivity index (χ1n) is 12.0. The van der Waals surface area contributed by atoms with Gasteiger partial charge >= 0.3 is 6.03 Å². The number of aromatic nitrogens is 2. The van der Waals surface area contributed by atoms with E-state index in [4.69, 9.17) is 5.10 Å². The molecule has 186 valence electrons. The molecule has 0 saturated heterocycles. The number of aryl methyl sites for hydroxylation is 3. The molecular weight excluding hydrogens is 438 g/mol. The summed E-state index contributed by atoms with van der Waals surface area (Å²) in [5.74, 6) is 0.283. The summed E-state index contributed by atoms with van der Waals surface area (Å²) in [7, 11) is 0. The summed E-state index contributed by atoms with van der Waals surface area (Å²) in [6.07, 6.45) is 0. The SMILES string of the molecule is Cc1ccc(-n2nc(C(C)(C)C)cc2NC(=O)CN(C(=O)Nc2ccc(C)cc2C)C(C)C)cc1. The lowest BCUT2D eigenvalue weighted by molar-refractivity contribution is -0.117. The molecule has 0 aliphatic heterocycles. The van der Waals surface area contributed by atoms with E-state index in [1.165, 1.54) is 4.90 Å². The Kier molecular flexibility index (Phi) is 7.68. The minimum Gasteiger partial charge on any atom is -0.313 e. The molecule has 2 N–H and O–H groups in total. The molecule has 0 fully saturated rings. The molecule has 0 aliphatic carbocycles. The highest BCUT2D eigenvalue weighted by Crippen LogP contribution is 2.26. The van der Waals surface area contributed by atoms with Gasteiger partial charge in [-0.05, 0) is 58.4 Å². The van der Waals surface area contributed by atoms with Gasteiger partial charge in [-0.25, -0.2) is 9.48 Å². The van der Waals surface area contributed by atoms with E-state index in [9.17, 15) is 9.59 Å². The highest BCUT2D eigenvalue weighted by molar-refractivity contribution is 5.97. The van der Waals surface area contributed by atoms with Crippen molar-refractivity contribution in [2.45, 2.75) is 66.8 Å². The number of anilines is 2. The topological polar surface area (TPSA) is 79.3 Å². The minimum absolute atomic E-state index is 0.0850. The smallest absolute Gasteiger partial charge is 0.313 e. The quantitative estimate of drug-likeness (QED) is 0.460. The Bertz CT molecular complexity index is 1200. The third kappa shape index (κ3) is 6.50. The van der Waals surface area contributed by atoms with Crippen LogP contribution in [-0.2, 0) is 10.2 Å². The number of rotatable bonds is 6. The molecule has 0 radical (unpaired) electrons.